The van der Waals surface area contributed by atoms with Crippen LogP contribution in [0, 0.1) is 0 Å². The zero-order valence-electron chi connectivity index (χ0n) is 13.7. The minimum Gasteiger partial charge on any atom is -0.346 e. The fraction of sp³-hybridized carbons (Fsp3) is 0.350. The second kappa shape index (κ2) is 6.34. The van der Waals surface area contributed by atoms with Gasteiger partial charge in [0.15, 0.2) is 6.54 Å². The molecule has 4 rings (SSSR count). The first-order valence-corrected chi connectivity index (χ1v) is 9.42. The number of halogens is 1. The Kier molecular flexibility index (Phi) is 4.19. The molecule has 2 heterocycles. The second-order valence-corrected chi connectivity index (χ2v) is 7.56. The molecule has 0 aromatic heterocycles. The Morgan fingerprint density at radius 1 is 0.958 bits per heavy atom. The van der Waals surface area contributed by atoms with Crippen LogP contribution < -0.4 is 4.90 Å². The lowest BCUT2D eigenvalue weighted by molar-refractivity contribution is -0.534. The first-order chi connectivity index (χ1) is 11.7. The number of hydrogen-bond donors (Lipinski definition) is 1. The standard InChI is InChI=1S/C20H22BrN2O/c21-17-10-12-18(13-11-17)23-19-9-5-2-6-14-22(19)15-20(23,24)16-7-3-1-4-8-16/h1,3-4,7-8,10-13,24H,2,5-6,9,14-15H2/q+1/t20-/m0/s1. The number of amidine groups is 1. The molecule has 0 spiro atoms. The average molecular weight is 386 g/mol. The molecule has 1 atom stereocenters. The number of hydrogen-bond acceptors (Lipinski definition) is 2. The zero-order valence-corrected chi connectivity index (χ0v) is 15.2. The molecule has 24 heavy (non-hydrogen) atoms. The Hall–Kier alpha value is -1.65. The molecule has 2 aliphatic heterocycles. The third kappa shape index (κ3) is 2.68. The van der Waals surface area contributed by atoms with Gasteiger partial charge < -0.3 is 5.11 Å². The lowest BCUT2D eigenvalue weighted by atomic mass is 10.00. The fourth-order valence-corrected chi connectivity index (χ4v) is 4.17. The average Bonchev–Trinajstić information content (AvgIpc) is 2.74. The summed E-state index contributed by atoms with van der Waals surface area (Å²) in [5, 5.41) is 11.7. The van der Waals surface area contributed by atoms with Gasteiger partial charge in [-0.1, -0.05) is 46.3 Å². The molecule has 2 aromatic rings. The van der Waals surface area contributed by atoms with E-state index in [1.54, 1.807) is 0 Å². The maximum absolute atomic E-state index is 11.7. The predicted octanol–water partition coefficient (Wildman–Crippen LogP) is 4.10. The highest BCUT2D eigenvalue weighted by molar-refractivity contribution is 9.10. The van der Waals surface area contributed by atoms with Crippen LogP contribution in [0.4, 0.5) is 5.69 Å². The minimum absolute atomic E-state index is 0.627. The maximum atomic E-state index is 11.7. The van der Waals surface area contributed by atoms with Crippen LogP contribution in [0.5, 0.6) is 0 Å². The summed E-state index contributed by atoms with van der Waals surface area (Å²) in [6, 6.07) is 18.3. The van der Waals surface area contributed by atoms with Gasteiger partial charge in [0, 0.05) is 16.5 Å². The van der Waals surface area contributed by atoms with Crippen molar-refractivity contribution in [3.8, 4) is 0 Å². The summed E-state index contributed by atoms with van der Waals surface area (Å²) in [5.74, 6) is 1.25. The fourth-order valence-electron chi connectivity index (χ4n) is 3.90. The highest BCUT2D eigenvalue weighted by Gasteiger charge is 2.53. The van der Waals surface area contributed by atoms with E-state index in [-0.39, 0.29) is 0 Å². The molecule has 1 N–H and O–H groups in total. The monoisotopic (exact) mass is 385 g/mol. The van der Waals surface area contributed by atoms with Gasteiger partial charge in [0.2, 0.25) is 0 Å². The molecule has 0 fully saturated rings. The normalized spacial score (nSPS) is 24.0. The van der Waals surface area contributed by atoms with Gasteiger partial charge in [-0.05, 0) is 43.5 Å². The lowest BCUT2D eigenvalue weighted by Gasteiger charge is -2.29. The van der Waals surface area contributed by atoms with Crippen molar-refractivity contribution in [1.29, 1.82) is 0 Å². The van der Waals surface area contributed by atoms with Gasteiger partial charge in [-0.3, -0.25) is 4.58 Å². The first kappa shape index (κ1) is 15.9. The van der Waals surface area contributed by atoms with Gasteiger partial charge in [0.25, 0.3) is 11.6 Å². The lowest BCUT2D eigenvalue weighted by Crippen LogP contribution is -2.47. The van der Waals surface area contributed by atoms with Crippen LogP contribution in [-0.2, 0) is 5.72 Å². The highest BCUT2D eigenvalue weighted by Crippen LogP contribution is 2.38. The summed E-state index contributed by atoms with van der Waals surface area (Å²) < 4.78 is 3.43. The van der Waals surface area contributed by atoms with Crippen molar-refractivity contribution >= 4 is 27.5 Å². The van der Waals surface area contributed by atoms with Crippen LogP contribution in [-0.4, -0.2) is 28.6 Å². The number of rotatable bonds is 2. The van der Waals surface area contributed by atoms with Gasteiger partial charge in [0.05, 0.1) is 6.54 Å². The van der Waals surface area contributed by atoms with E-state index >= 15 is 0 Å². The molecule has 124 valence electrons. The van der Waals surface area contributed by atoms with Crippen LogP contribution in [0.1, 0.15) is 31.2 Å². The van der Waals surface area contributed by atoms with Crippen LogP contribution >= 0.6 is 15.9 Å². The molecule has 0 saturated carbocycles. The van der Waals surface area contributed by atoms with E-state index in [4.69, 9.17) is 0 Å². The maximum Gasteiger partial charge on any atom is 0.275 e. The Labute approximate surface area is 151 Å². The Morgan fingerprint density at radius 2 is 1.71 bits per heavy atom. The SMILES string of the molecule is O[C@]1(c2ccccc2)C[N+]2=C(CCCCC2)N1c1ccc(Br)cc1. The van der Waals surface area contributed by atoms with E-state index < -0.39 is 5.72 Å². The minimum atomic E-state index is -1.01. The predicted molar refractivity (Wildman–Crippen MR) is 100 cm³/mol. The smallest absolute Gasteiger partial charge is 0.275 e. The van der Waals surface area contributed by atoms with Crippen LogP contribution in [0.15, 0.2) is 59.1 Å². The van der Waals surface area contributed by atoms with Crippen molar-refractivity contribution in [2.24, 2.45) is 0 Å². The van der Waals surface area contributed by atoms with Gasteiger partial charge in [-0.15, -0.1) is 0 Å². The zero-order chi connectivity index (χ0) is 16.6. The van der Waals surface area contributed by atoms with Gasteiger partial charge in [0.1, 0.15) is 5.69 Å². The quantitative estimate of drug-likeness (QED) is 0.787. The van der Waals surface area contributed by atoms with Crippen molar-refractivity contribution < 1.29 is 9.68 Å². The summed E-state index contributed by atoms with van der Waals surface area (Å²) in [4.78, 5) is 2.15. The third-order valence-corrected chi connectivity index (χ3v) is 5.58. The molecule has 0 saturated heterocycles. The van der Waals surface area contributed by atoms with Crippen molar-refractivity contribution in [3.05, 3.63) is 64.6 Å². The van der Waals surface area contributed by atoms with Gasteiger partial charge in [-0.25, -0.2) is 0 Å². The van der Waals surface area contributed by atoms with Crippen molar-refractivity contribution in [1.82, 2.24) is 0 Å². The van der Waals surface area contributed by atoms with Crippen molar-refractivity contribution in [2.45, 2.75) is 31.4 Å². The molecule has 2 aliphatic rings. The van der Waals surface area contributed by atoms with E-state index in [0.29, 0.717) is 6.54 Å². The molecule has 3 nitrogen and oxygen atoms in total. The topological polar surface area (TPSA) is 26.5 Å². The van der Waals surface area contributed by atoms with Crippen LogP contribution in [0.3, 0.4) is 0 Å². The van der Waals surface area contributed by atoms with Gasteiger partial charge >= 0.3 is 0 Å². The summed E-state index contributed by atoms with van der Waals surface area (Å²) in [6.45, 7) is 1.65. The second-order valence-electron chi connectivity index (χ2n) is 6.64. The largest absolute Gasteiger partial charge is 0.346 e. The van der Waals surface area contributed by atoms with E-state index in [1.807, 2.05) is 42.5 Å². The molecule has 0 amide bonds. The van der Waals surface area contributed by atoms with E-state index in [9.17, 15) is 5.11 Å². The number of nitrogens with zero attached hydrogens (tertiary/aromatic N) is 2. The molecule has 0 aliphatic carbocycles. The van der Waals surface area contributed by atoms with Gasteiger partial charge in [-0.2, -0.15) is 4.90 Å². The van der Waals surface area contributed by atoms with Crippen molar-refractivity contribution in [3.63, 3.8) is 0 Å². The number of aliphatic hydroxyl groups is 1. The van der Waals surface area contributed by atoms with Crippen LogP contribution in [0.25, 0.3) is 0 Å². The first-order valence-electron chi connectivity index (χ1n) is 8.63. The molecular formula is C20H22BrN2O+. The Morgan fingerprint density at radius 3 is 2.46 bits per heavy atom. The summed E-state index contributed by atoms with van der Waals surface area (Å²) in [6.07, 6.45) is 4.66. The number of benzene rings is 2. The molecule has 4 heteroatoms. The molecule has 0 radical (unpaired) electrons. The van der Waals surface area contributed by atoms with Crippen molar-refractivity contribution in [2.75, 3.05) is 18.0 Å². The Balaban J connectivity index is 1.84. The number of anilines is 1. The summed E-state index contributed by atoms with van der Waals surface area (Å²) in [5.41, 5.74) is 0.985. The molecule has 0 unspecified atom stereocenters. The Bertz CT molecular complexity index is 757. The van der Waals surface area contributed by atoms with Crippen LogP contribution in [0.2, 0.25) is 0 Å². The molecule has 2 aromatic carbocycles. The molecule has 0 bridgehead atoms. The van der Waals surface area contributed by atoms with E-state index in [2.05, 4.69) is 37.5 Å². The summed E-state index contributed by atoms with van der Waals surface area (Å²) >= 11 is 3.51. The third-order valence-electron chi connectivity index (χ3n) is 5.05. The summed E-state index contributed by atoms with van der Waals surface area (Å²) in [7, 11) is 0. The van der Waals surface area contributed by atoms with E-state index in [0.717, 1.165) is 28.7 Å². The van der Waals surface area contributed by atoms with E-state index in [1.165, 1.54) is 25.1 Å². The molecular weight excluding hydrogens is 364 g/mol. The highest BCUT2D eigenvalue weighted by atomic mass is 79.9.